The van der Waals surface area contributed by atoms with Gasteiger partial charge >= 0.3 is 0 Å². The molecule has 66 valence electrons. The molecule has 0 saturated carbocycles. The van der Waals surface area contributed by atoms with E-state index in [0.29, 0.717) is 10.6 Å². The maximum absolute atomic E-state index is 12.1. The molecule has 0 bridgehead atoms. The number of benzene rings is 1. The summed E-state index contributed by atoms with van der Waals surface area (Å²) in [6, 6.07) is 4.94. The zero-order valence-corrected chi connectivity index (χ0v) is 6.93. The van der Waals surface area contributed by atoms with E-state index >= 15 is 0 Å². The zero-order chi connectivity index (χ0) is 9.14. The summed E-state index contributed by atoms with van der Waals surface area (Å²) in [6.45, 7) is 0. The first kappa shape index (κ1) is 9.42. The molecule has 0 saturated heterocycles. The van der Waals surface area contributed by atoms with Crippen molar-refractivity contribution in [1.82, 2.24) is 0 Å². The normalized spacial score (nSPS) is 13.4. The first-order valence-electron chi connectivity index (χ1n) is 3.40. The Kier molecular flexibility index (Phi) is 3.00. The standard InChI is InChI=1S/C8H8ClF2N/c9-6-3-1-2-5(4-6)7(12)8(10)11/h1-4,7-8H,12H2/t7-/m1/s1. The van der Waals surface area contributed by atoms with Crippen molar-refractivity contribution in [2.24, 2.45) is 5.73 Å². The lowest BCUT2D eigenvalue weighted by Gasteiger charge is -2.10. The van der Waals surface area contributed by atoms with E-state index in [4.69, 9.17) is 17.3 Å². The van der Waals surface area contributed by atoms with Crippen LogP contribution in [-0.4, -0.2) is 6.43 Å². The third kappa shape index (κ3) is 2.16. The van der Waals surface area contributed by atoms with Crippen molar-refractivity contribution in [1.29, 1.82) is 0 Å². The summed E-state index contributed by atoms with van der Waals surface area (Å²) >= 11 is 5.59. The quantitative estimate of drug-likeness (QED) is 0.764. The van der Waals surface area contributed by atoms with E-state index in [1.165, 1.54) is 12.1 Å². The van der Waals surface area contributed by atoms with Crippen LogP contribution >= 0.6 is 11.6 Å². The summed E-state index contributed by atoms with van der Waals surface area (Å²) in [5, 5.41) is 0.420. The Balaban J connectivity index is 2.88. The molecule has 0 aliphatic rings. The molecule has 4 heteroatoms. The summed E-state index contributed by atoms with van der Waals surface area (Å²) in [6.07, 6.45) is -2.55. The van der Waals surface area contributed by atoms with Crippen LogP contribution in [0, 0.1) is 0 Å². The smallest absolute Gasteiger partial charge is 0.257 e. The first-order valence-corrected chi connectivity index (χ1v) is 3.78. The molecule has 0 amide bonds. The number of rotatable bonds is 2. The molecule has 1 atom stereocenters. The topological polar surface area (TPSA) is 26.0 Å². The molecule has 0 aromatic heterocycles. The second-order valence-electron chi connectivity index (χ2n) is 2.42. The van der Waals surface area contributed by atoms with Crippen molar-refractivity contribution in [3.63, 3.8) is 0 Å². The Morgan fingerprint density at radius 3 is 2.50 bits per heavy atom. The van der Waals surface area contributed by atoms with Gasteiger partial charge in [0.2, 0.25) is 0 Å². The van der Waals surface area contributed by atoms with Gasteiger partial charge in [0.05, 0.1) is 6.04 Å². The van der Waals surface area contributed by atoms with Crippen LogP contribution in [0.2, 0.25) is 5.02 Å². The number of hydrogen-bond donors (Lipinski definition) is 1. The Morgan fingerprint density at radius 1 is 1.33 bits per heavy atom. The molecule has 0 aliphatic carbocycles. The Bertz CT molecular complexity index is 265. The molecule has 2 N–H and O–H groups in total. The molecule has 0 aliphatic heterocycles. The monoisotopic (exact) mass is 191 g/mol. The van der Waals surface area contributed by atoms with Gasteiger partial charge in [-0.2, -0.15) is 0 Å². The van der Waals surface area contributed by atoms with Crippen LogP contribution in [-0.2, 0) is 0 Å². The molecule has 12 heavy (non-hydrogen) atoms. The number of halogens is 3. The van der Waals surface area contributed by atoms with Crippen molar-refractivity contribution < 1.29 is 8.78 Å². The molecule has 0 spiro atoms. The molecular weight excluding hydrogens is 184 g/mol. The van der Waals surface area contributed by atoms with Gasteiger partial charge in [-0.3, -0.25) is 0 Å². The van der Waals surface area contributed by atoms with E-state index in [0.717, 1.165) is 0 Å². The molecule has 1 aromatic carbocycles. The number of nitrogens with two attached hydrogens (primary N) is 1. The zero-order valence-electron chi connectivity index (χ0n) is 6.18. The molecule has 1 aromatic rings. The predicted octanol–water partition coefficient (Wildman–Crippen LogP) is 2.60. The summed E-state index contributed by atoms with van der Waals surface area (Å²) < 4.78 is 24.2. The van der Waals surface area contributed by atoms with Crippen LogP contribution in [0.25, 0.3) is 0 Å². The maximum atomic E-state index is 12.1. The van der Waals surface area contributed by atoms with Crippen molar-refractivity contribution in [3.05, 3.63) is 34.9 Å². The first-order chi connectivity index (χ1) is 5.61. The third-order valence-electron chi connectivity index (χ3n) is 1.51. The van der Waals surface area contributed by atoms with Crippen LogP contribution in [0.15, 0.2) is 24.3 Å². The van der Waals surface area contributed by atoms with Crippen LogP contribution < -0.4 is 5.73 Å². The van der Waals surface area contributed by atoms with Gasteiger partial charge in [-0.15, -0.1) is 0 Å². The van der Waals surface area contributed by atoms with Crippen LogP contribution in [0.3, 0.4) is 0 Å². The Labute approximate surface area is 74.1 Å². The van der Waals surface area contributed by atoms with E-state index in [2.05, 4.69) is 0 Å². The van der Waals surface area contributed by atoms with Gasteiger partial charge in [-0.1, -0.05) is 23.7 Å². The van der Waals surface area contributed by atoms with E-state index in [1.807, 2.05) is 0 Å². The second-order valence-corrected chi connectivity index (χ2v) is 2.85. The van der Waals surface area contributed by atoms with Gasteiger partial charge in [0, 0.05) is 5.02 Å². The Morgan fingerprint density at radius 2 is 2.00 bits per heavy atom. The molecule has 0 unspecified atom stereocenters. The van der Waals surface area contributed by atoms with Crippen molar-refractivity contribution in [2.45, 2.75) is 12.5 Å². The SMILES string of the molecule is N[C@H](c1cccc(Cl)c1)C(F)F. The highest BCUT2D eigenvalue weighted by Crippen LogP contribution is 2.20. The highest BCUT2D eigenvalue weighted by atomic mass is 35.5. The van der Waals surface area contributed by atoms with Gasteiger partial charge in [-0.25, -0.2) is 8.78 Å². The number of hydrogen-bond acceptors (Lipinski definition) is 1. The highest BCUT2D eigenvalue weighted by Gasteiger charge is 2.16. The number of alkyl halides is 2. The lowest BCUT2D eigenvalue weighted by Crippen LogP contribution is -2.18. The minimum absolute atomic E-state index is 0.359. The fraction of sp³-hybridized carbons (Fsp3) is 0.250. The van der Waals surface area contributed by atoms with Gasteiger partial charge < -0.3 is 5.73 Å². The van der Waals surface area contributed by atoms with E-state index < -0.39 is 12.5 Å². The van der Waals surface area contributed by atoms with Crippen LogP contribution in [0.1, 0.15) is 11.6 Å². The van der Waals surface area contributed by atoms with Crippen molar-refractivity contribution in [3.8, 4) is 0 Å². The maximum Gasteiger partial charge on any atom is 0.257 e. The van der Waals surface area contributed by atoms with Crippen molar-refractivity contribution in [2.75, 3.05) is 0 Å². The molecule has 0 fully saturated rings. The minimum Gasteiger partial charge on any atom is -0.319 e. The second kappa shape index (κ2) is 3.83. The van der Waals surface area contributed by atoms with Gasteiger partial charge in [0.25, 0.3) is 6.43 Å². The summed E-state index contributed by atoms with van der Waals surface area (Å²) in [5.74, 6) is 0. The van der Waals surface area contributed by atoms with Gasteiger partial charge in [0.1, 0.15) is 0 Å². The average Bonchev–Trinajstić information content (AvgIpc) is 2.03. The van der Waals surface area contributed by atoms with Crippen LogP contribution in [0.5, 0.6) is 0 Å². The molecule has 1 rings (SSSR count). The minimum atomic E-state index is -2.55. The Hall–Kier alpha value is -0.670. The molecule has 0 heterocycles. The average molecular weight is 192 g/mol. The third-order valence-corrected chi connectivity index (χ3v) is 1.74. The van der Waals surface area contributed by atoms with Crippen molar-refractivity contribution >= 4 is 11.6 Å². The molecule has 0 radical (unpaired) electrons. The fourth-order valence-electron chi connectivity index (χ4n) is 0.859. The highest BCUT2D eigenvalue weighted by molar-refractivity contribution is 6.30. The van der Waals surface area contributed by atoms with E-state index in [9.17, 15) is 8.78 Å². The van der Waals surface area contributed by atoms with Crippen LogP contribution in [0.4, 0.5) is 8.78 Å². The summed E-state index contributed by atoms with van der Waals surface area (Å²) in [5.41, 5.74) is 5.56. The summed E-state index contributed by atoms with van der Waals surface area (Å²) in [4.78, 5) is 0. The van der Waals surface area contributed by atoms with E-state index in [-0.39, 0.29) is 0 Å². The van der Waals surface area contributed by atoms with E-state index in [1.54, 1.807) is 12.1 Å². The molecule has 1 nitrogen and oxygen atoms in total. The largest absolute Gasteiger partial charge is 0.319 e. The lowest BCUT2D eigenvalue weighted by atomic mass is 10.1. The fourth-order valence-corrected chi connectivity index (χ4v) is 1.06. The molecular formula is C8H8ClF2N. The lowest BCUT2D eigenvalue weighted by molar-refractivity contribution is 0.116. The predicted molar refractivity (Wildman–Crippen MR) is 44.4 cm³/mol. The van der Waals surface area contributed by atoms with Gasteiger partial charge in [-0.05, 0) is 17.7 Å². The summed E-state index contributed by atoms with van der Waals surface area (Å²) in [7, 11) is 0. The van der Waals surface area contributed by atoms with Gasteiger partial charge in [0.15, 0.2) is 0 Å².